The van der Waals surface area contributed by atoms with Crippen LogP contribution in [0.5, 0.6) is 0 Å². The fourth-order valence-electron chi connectivity index (χ4n) is 2.11. The van der Waals surface area contributed by atoms with E-state index in [2.05, 4.69) is 19.2 Å². The van der Waals surface area contributed by atoms with Crippen LogP contribution in [0.25, 0.3) is 0 Å². The van der Waals surface area contributed by atoms with Gasteiger partial charge in [0.2, 0.25) is 6.29 Å². The lowest BCUT2D eigenvalue weighted by Gasteiger charge is -2.28. The number of rotatable bonds is 10. The molecule has 0 aromatic rings. The smallest absolute Gasteiger partial charge is 0.411 e. The van der Waals surface area contributed by atoms with E-state index in [1.807, 2.05) is 0 Å². The largest absolute Gasteiger partial charge is 0.480 e. The van der Waals surface area contributed by atoms with Crippen LogP contribution in [-0.4, -0.2) is 35.0 Å². The summed E-state index contributed by atoms with van der Waals surface area (Å²) in [5, 5.41) is 11.8. The van der Waals surface area contributed by atoms with E-state index in [4.69, 9.17) is 9.47 Å². The predicted molar refractivity (Wildman–Crippen MR) is 84.8 cm³/mol. The average Bonchev–Trinajstić information content (AvgIpc) is 2.47. The second-order valence-corrected chi connectivity index (χ2v) is 5.80. The van der Waals surface area contributed by atoms with Gasteiger partial charge in [-0.2, -0.15) is 0 Å². The van der Waals surface area contributed by atoms with Crippen molar-refractivity contribution in [2.75, 3.05) is 0 Å². The van der Waals surface area contributed by atoms with Crippen LogP contribution in [0.4, 0.5) is 4.79 Å². The van der Waals surface area contributed by atoms with Gasteiger partial charge in [-0.15, -0.1) is 0 Å². The Morgan fingerprint density at radius 3 is 2.13 bits per heavy atom. The molecule has 0 unspecified atom stereocenters. The molecule has 1 amide bonds. The molecular weight excluding hydrogens is 302 g/mol. The molecular formula is C16H29NO6. The zero-order chi connectivity index (χ0) is 18.0. The second kappa shape index (κ2) is 10.1. The SMILES string of the molecule is CCC(=O)O[C@@H](C)OC(=O)N[C@@](C)(CCC(CC)CC)C(=O)O. The number of ether oxygens (including phenoxy) is 2. The third kappa shape index (κ3) is 7.85. The van der Waals surface area contributed by atoms with E-state index >= 15 is 0 Å². The lowest BCUT2D eigenvalue weighted by Crippen LogP contribution is -2.53. The molecule has 7 heteroatoms. The minimum absolute atomic E-state index is 0.164. The monoisotopic (exact) mass is 331 g/mol. The number of nitrogens with one attached hydrogen (secondary N) is 1. The highest BCUT2D eigenvalue weighted by Gasteiger charge is 2.36. The van der Waals surface area contributed by atoms with Crippen molar-refractivity contribution in [2.45, 2.75) is 78.6 Å². The molecule has 23 heavy (non-hydrogen) atoms. The Labute approximate surface area is 137 Å². The molecule has 0 fully saturated rings. The highest BCUT2D eigenvalue weighted by atomic mass is 16.7. The summed E-state index contributed by atoms with van der Waals surface area (Å²) in [5.41, 5.74) is -1.42. The van der Waals surface area contributed by atoms with Crippen LogP contribution in [0.1, 0.15) is 66.7 Å². The molecule has 2 atom stereocenters. The molecule has 0 aromatic heterocycles. The van der Waals surface area contributed by atoms with Crippen LogP contribution >= 0.6 is 0 Å². The summed E-state index contributed by atoms with van der Waals surface area (Å²) in [4.78, 5) is 34.5. The standard InChI is InChI=1S/C16H29NO6/c1-6-12(7-2)9-10-16(5,14(19)20)17-15(21)23-11(4)22-13(18)8-3/h11-12H,6-10H2,1-5H3,(H,17,21)(H,19,20)/t11-,16+/m1/s1. The fourth-order valence-corrected chi connectivity index (χ4v) is 2.11. The van der Waals surface area contributed by atoms with Gasteiger partial charge < -0.3 is 19.9 Å². The summed E-state index contributed by atoms with van der Waals surface area (Å²) < 4.78 is 9.68. The molecule has 0 heterocycles. The van der Waals surface area contributed by atoms with Crippen LogP contribution < -0.4 is 5.32 Å². The number of aliphatic carboxylic acids is 1. The molecule has 0 aliphatic carbocycles. The van der Waals surface area contributed by atoms with Crippen LogP contribution in [-0.2, 0) is 19.1 Å². The van der Waals surface area contributed by atoms with Gasteiger partial charge in [0.25, 0.3) is 0 Å². The number of carbonyl (C=O) groups excluding carboxylic acids is 2. The highest BCUT2D eigenvalue weighted by molar-refractivity contribution is 5.83. The van der Waals surface area contributed by atoms with E-state index in [0.29, 0.717) is 18.8 Å². The van der Waals surface area contributed by atoms with Gasteiger partial charge in [-0.3, -0.25) is 4.79 Å². The van der Waals surface area contributed by atoms with E-state index in [1.165, 1.54) is 13.8 Å². The van der Waals surface area contributed by atoms with Gasteiger partial charge in [-0.05, 0) is 25.7 Å². The molecule has 2 N–H and O–H groups in total. The quantitative estimate of drug-likeness (QED) is 0.471. The summed E-state index contributed by atoms with van der Waals surface area (Å²) in [6, 6.07) is 0. The zero-order valence-corrected chi connectivity index (χ0v) is 14.7. The van der Waals surface area contributed by atoms with Crippen molar-refractivity contribution in [1.29, 1.82) is 0 Å². The van der Waals surface area contributed by atoms with E-state index in [1.54, 1.807) is 6.92 Å². The molecule has 0 bridgehead atoms. The van der Waals surface area contributed by atoms with Crippen LogP contribution in [0.15, 0.2) is 0 Å². The Balaban J connectivity index is 4.63. The first-order valence-corrected chi connectivity index (χ1v) is 8.10. The maximum atomic E-state index is 11.8. The van der Waals surface area contributed by atoms with Gasteiger partial charge in [-0.25, -0.2) is 9.59 Å². The molecule has 0 rings (SSSR count). The number of carboxylic acid groups (broad SMARTS) is 1. The Kier molecular flexibility index (Phi) is 9.29. The Bertz CT molecular complexity index is 407. The summed E-state index contributed by atoms with van der Waals surface area (Å²) in [6.07, 6.45) is 1.08. The fraction of sp³-hybridized carbons (Fsp3) is 0.812. The molecule has 7 nitrogen and oxygen atoms in total. The minimum Gasteiger partial charge on any atom is -0.480 e. The molecule has 0 aromatic carbocycles. The predicted octanol–water partition coefficient (Wildman–Crippen LogP) is 3.07. The maximum Gasteiger partial charge on any atom is 0.411 e. The Morgan fingerprint density at radius 2 is 1.70 bits per heavy atom. The minimum atomic E-state index is -1.42. The van der Waals surface area contributed by atoms with Crippen molar-refractivity contribution in [3.63, 3.8) is 0 Å². The summed E-state index contributed by atoms with van der Waals surface area (Å²) in [7, 11) is 0. The number of hydrogen-bond acceptors (Lipinski definition) is 5. The van der Waals surface area contributed by atoms with Crippen molar-refractivity contribution in [2.24, 2.45) is 5.92 Å². The normalized spacial score (nSPS) is 14.7. The van der Waals surface area contributed by atoms with Gasteiger partial charge in [0, 0.05) is 13.3 Å². The van der Waals surface area contributed by atoms with Crippen molar-refractivity contribution >= 4 is 18.0 Å². The van der Waals surface area contributed by atoms with Crippen molar-refractivity contribution in [1.82, 2.24) is 5.32 Å². The Morgan fingerprint density at radius 1 is 1.13 bits per heavy atom. The van der Waals surface area contributed by atoms with E-state index in [-0.39, 0.29) is 6.42 Å². The number of carboxylic acids is 1. The zero-order valence-electron chi connectivity index (χ0n) is 14.7. The van der Waals surface area contributed by atoms with Crippen LogP contribution in [0.2, 0.25) is 0 Å². The number of hydrogen-bond donors (Lipinski definition) is 2. The average molecular weight is 331 g/mol. The third-order valence-electron chi connectivity index (χ3n) is 3.92. The summed E-state index contributed by atoms with van der Waals surface area (Å²) >= 11 is 0. The van der Waals surface area contributed by atoms with Gasteiger partial charge in [0.15, 0.2) is 0 Å². The summed E-state index contributed by atoms with van der Waals surface area (Å²) in [5.74, 6) is -1.21. The molecule has 0 saturated carbocycles. The number of alkyl carbamates (subject to hydrolysis) is 1. The van der Waals surface area contributed by atoms with Crippen molar-refractivity contribution < 1.29 is 29.0 Å². The molecule has 0 aliphatic heterocycles. The first-order chi connectivity index (χ1) is 10.7. The van der Waals surface area contributed by atoms with Crippen LogP contribution in [0, 0.1) is 5.92 Å². The first kappa shape index (κ1) is 21.2. The van der Waals surface area contributed by atoms with E-state index in [9.17, 15) is 19.5 Å². The lowest BCUT2D eigenvalue weighted by molar-refractivity contribution is -0.165. The van der Waals surface area contributed by atoms with Gasteiger partial charge in [0.05, 0.1) is 0 Å². The number of carbonyl (C=O) groups is 3. The lowest BCUT2D eigenvalue weighted by atomic mass is 9.88. The van der Waals surface area contributed by atoms with Gasteiger partial charge >= 0.3 is 18.0 Å². The molecule has 0 radical (unpaired) electrons. The molecule has 0 spiro atoms. The molecule has 134 valence electrons. The number of amides is 1. The van der Waals surface area contributed by atoms with Gasteiger partial charge in [0.1, 0.15) is 5.54 Å². The highest BCUT2D eigenvalue weighted by Crippen LogP contribution is 2.22. The number of esters is 1. The van der Waals surface area contributed by atoms with Crippen molar-refractivity contribution in [3.8, 4) is 0 Å². The molecule has 0 saturated heterocycles. The van der Waals surface area contributed by atoms with E-state index in [0.717, 1.165) is 12.8 Å². The van der Waals surface area contributed by atoms with Crippen LogP contribution in [0.3, 0.4) is 0 Å². The molecule has 0 aliphatic rings. The summed E-state index contributed by atoms with van der Waals surface area (Å²) in [6.45, 7) is 8.57. The second-order valence-electron chi connectivity index (χ2n) is 5.80. The third-order valence-corrected chi connectivity index (χ3v) is 3.92. The van der Waals surface area contributed by atoms with Gasteiger partial charge in [-0.1, -0.05) is 33.6 Å². The van der Waals surface area contributed by atoms with Crippen molar-refractivity contribution in [3.05, 3.63) is 0 Å². The maximum absolute atomic E-state index is 11.8. The Hall–Kier alpha value is -1.79. The first-order valence-electron chi connectivity index (χ1n) is 8.10. The topological polar surface area (TPSA) is 102 Å². The van der Waals surface area contributed by atoms with E-state index < -0.39 is 29.9 Å².